The van der Waals surface area contributed by atoms with Gasteiger partial charge in [0.15, 0.2) is 5.78 Å². The van der Waals surface area contributed by atoms with E-state index in [-0.39, 0.29) is 30.5 Å². The number of rotatable bonds is 5. The van der Waals surface area contributed by atoms with Gasteiger partial charge >= 0.3 is 0 Å². The lowest BCUT2D eigenvalue weighted by molar-refractivity contribution is 0.0972. The fourth-order valence-electron chi connectivity index (χ4n) is 2.52. The molecule has 4 heteroatoms. The molecule has 0 aliphatic rings. The molecule has 25 heavy (non-hydrogen) atoms. The zero-order chi connectivity index (χ0) is 16.8. The van der Waals surface area contributed by atoms with Crippen molar-refractivity contribution in [3.05, 3.63) is 102 Å². The molecule has 0 radical (unpaired) electrons. The third-order valence-corrected chi connectivity index (χ3v) is 3.71. The molecule has 3 aromatic rings. The van der Waals surface area contributed by atoms with Crippen LogP contribution in [0.4, 0.5) is 5.69 Å². The molecule has 0 heterocycles. The molecule has 0 fully saturated rings. The maximum atomic E-state index is 12.6. The van der Waals surface area contributed by atoms with Gasteiger partial charge in [-0.25, -0.2) is 0 Å². The summed E-state index contributed by atoms with van der Waals surface area (Å²) in [6.45, 7) is 0. The van der Waals surface area contributed by atoms with Crippen LogP contribution in [-0.2, 0) is 6.42 Å². The lowest BCUT2D eigenvalue weighted by Crippen LogP contribution is -2.17. The first-order valence-electron chi connectivity index (χ1n) is 7.76. The number of anilines is 1. The first-order chi connectivity index (χ1) is 11.7. The molecule has 0 saturated heterocycles. The van der Waals surface area contributed by atoms with Crippen LogP contribution < -0.4 is 5.32 Å². The van der Waals surface area contributed by atoms with E-state index < -0.39 is 0 Å². The van der Waals surface area contributed by atoms with E-state index in [1.54, 1.807) is 24.3 Å². The van der Waals surface area contributed by atoms with Crippen molar-refractivity contribution < 1.29 is 9.59 Å². The Bertz CT molecular complexity index is 776. The van der Waals surface area contributed by atoms with Crippen molar-refractivity contribution in [1.29, 1.82) is 0 Å². The highest BCUT2D eigenvalue weighted by Crippen LogP contribution is 2.15. The highest BCUT2D eigenvalue weighted by molar-refractivity contribution is 6.13. The molecule has 0 spiro atoms. The highest BCUT2D eigenvalue weighted by atomic mass is 35.5. The van der Waals surface area contributed by atoms with Gasteiger partial charge in [-0.3, -0.25) is 9.59 Å². The number of benzene rings is 3. The second-order valence-electron chi connectivity index (χ2n) is 5.45. The van der Waals surface area contributed by atoms with E-state index in [0.717, 1.165) is 5.56 Å². The average molecular weight is 352 g/mol. The van der Waals surface area contributed by atoms with Crippen molar-refractivity contribution in [2.24, 2.45) is 0 Å². The molecule has 0 saturated carbocycles. The lowest BCUT2D eigenvalue weighted by atomic mass is 9.98. The van der Waals surface area contributed by atoms with E-state index in [1.165, 1.54) is 0 Å². The number of hydrogen-bond donors (Lipinski definition) is 1. The largest absolute Gasteiger partial charge is 0.322 e. The number of carbonyl (C=O) groups excluding carboxylic acids is 2. The monoisotopic (exact) mass is 351 g/mol. The van der Waals surface area contributed by atoms with Gasteiger partial charge in [0.25, 0.3) is 5.91 Å². The summed E-state index contributed by atoms with van der Waals surface area (Å²) in [6.07, 6.45) is 0.274. The minimum absolute atomic E-state index is 0. The smallest absolute Gasteiger partial charge is 0.256 e. The molecule has 1 N–H and O–H groups in total. The standard InChI is InChI=1S/C21H17NO2.ClH/c23-20(15-16-9-3-1-4-10-16)18-13-7-8-14-19(18)21(24)22-17-11-5-2-6-12-17;/h1-14H,15H2,(H,22,24);1H. The number of halogens is 1. The first kappa shape index (κ1) is 18.4. The van der Waals surface area contributed by atoms with Crippen molar-refractivity contribution in [3.8, 4) is 0 Å². The molecular weight excluding hydrogens is 334 g/mol. The molecule has 3 nitrogen and oxygen atoms in total. The highest BCUT2D eigenvalue weighted by Gasteiger charge is 2.16. The predicted octanol–water partition coefficient (Wildman–Crippen LogP) is 4.79. The van der Waals surface area contributed by atoms with Gasteiger partial charge < -0.3 is 5.32 Å². The van der Waals surface area contributed by atoms with Crippen molar-refractivity contribution in [1.82, 2.24) is 0 Å². The Kier molecular flexibility index (Phi) is 6.49. The SMILES string of the molecule is Cl.O=C(Cc1ccccc1)c1ccccc1C(=O)Nc1ccccc1. The van der Waals surface area contributed by atoms with E-state index in [9.17, 15) is 9.59 Å². The average Bonchev–Trinajstić information content (AvgIpc) is 2.63. The minimum atomic E-state index is -0.279. The number of carbonyl (C=O) groups is 2. The van der Waals surface area contributed by atoms with Gasteiger partial charge in [0.1, 0.15) is 0 Å². The van der Waals surface area contributed by atoms with Crippen LogP contribution in [0.15, 0.2) is 84.9 Å². The molecular formula is C21H18ClNO2. The number of ketones is 1. The molecule has 0 aliphatic carbocycles. The molecule has 3 rings (SSSR count). The number of para-hydroxylation sites is 1. The van der Waals surface area contributed by atoms with Crippen LogP contribution in [0.2, 0.25) is 0 Å². The van der Waals surface area contributed by atoms with Gasteiger partial charge in [0.2, 0.25) is 0 Å². The van der Waals surface area contributed by atoms with Crippen LogP contribution in [0, 0.1) is 0 Å². The Hall–Kier alpha value is -2.91. The number of hydrogen-bond acceptors (Lipinski definition) is 2. The van der Waals surface area contributed by atoms with E-state index in [0.29, 0.717) is 16.8 Å². The molecule has 0 atom stereocenters. The second-order valence-corrected chi connectivity index (χ2v) is 5.45. The summed E-state index contributed by atoms with van der Waals surface area (Å²) < 4.78 is 0. The Morgan fingerprint density at radius 3 is 1.84 bits per heavy atom. The maximum absolute atomic E-state index is 12.6. The Morgan fingerprint density at radius 1 is 0.680 bits per heavy atom. The normalized spacial score (nSPS) is 9.76. The van der Waals surface area contributed by atoms with Gasteiger partial charge in [0.05, 0.1) is 5.56 Å². The van der Waals surface area contributed by atoms with Crippen molar-refractivity contribution in [2.75, 3.05) is 5.32 Å². The van der Waals surface area contributed by atoms with E-state index >= 15 is 0 Å². The summed E-state index contributed by atoms with van der Waals surface area (Å²) in [6, 6.07) is 25.6. The van der Waals surface area contributed by atoms with Crippen molar-refractivity contribution in [3.63, 3.8) is 0 Å². The summed E-state index contributed by atoms with van der Waals surface area (Å²) in [4.78, 5) is 25.1. The van der Waals surface area contributed by atoms with Crippen molar-refractivity contribution >= 4 is 29.8 Å². The quantitative estimate of drug-likeness (QED) is 0.672. The Labute approximate surface area is 153 Å². The second kappa shape index (κ2) is 8.81. The van der Waals surface area contributed by atoms with Gasteiger partial charge in [-0.1, -0.05) is 66.7 Å². The summed E-state index contributed by atoms with van der Waals surface area (Å²) in [5, 5.41) is 2.83. The molecule has 0 aliphatic heterocycles. The fraction of sp³-hybridized carbons (Fsp3) is 0.0476. The molecule has 0 unspecified atom stereocenters. The summed E-state index contributed by atoms with van der Waals surface area (Å²) in [7, 11) is 0. The minimum Gasteiger partial charge on any atom is -0.322 e. The first-order valence-corrected chi connectivity index (χ1v) is 7.76. The van der Waals surface area contributed by atoms with Crippen LogP contribution >= 0.6 is 12.4 Å². The summed E-state index contributed by atoms with van der Waals surface area (Å²) in [5.74, 6) is -0.349. The molecule has 0 bridgehead atoms. The Balaban J connectivity index is 0.00000225. The fourth-order valence-corrected chi connectivity index (χ4v) is 2.52. The van der Waals surface area contributed by atoms with Crippen LogP contribution in [0.5, 0.6) is 0 Å². The number of amides is 1. The zero-order valence-corrected chi connectivity index (χ0v) is 14.3. The van der Waals surface area contributed by atoms with Gasteiger partial charge in [-0.15, -0.1) is 12.4 Å². The third-order valence-electron chi connectivity index (χ3n) is 3.71. The topological polar surface area (TPSA) is 46.2 Å². The number of nitrogens with one attached hydrogen (secondary N) is 1. The van der Waals surface area contributed by atoms with Crippen LogP contribution in [0.1, 0.15) is 26.3 Å². The predicted molar refractivity (Wildman–Crippen MR) is 103 cm³/mol. The van der Waals surface area contributed by atoms with Crippen LogP contribution in [0.25, 0.3) is 0 Å². The van der Waals surface area contributed by atoms with E-state index in [1.807, 2.05) is 60.7 Å². The summed E-state index contributed by atoms with van der Waals surface area (Å²) >= 11 is 0. The third kappa shape index (κ3) is 4.78. The molecule has 0 aromatic heterocycles. The summed E-state index contributed by atoms with van der Waals surface area (Å²) in [5.41, 5.74) is 2.46. The molecule has 3 aromatic carbocycles. The van der Waals surface area contributed by atoms with E-state index in [4.69, 9.17) is 0 Å². The molecule has 1 amide bonds. The van der Waals surface area contributed by atoms with Gasteiger partial charge in [-0.2, -0.15) is 0 Å². The Morgan fingerprint density at radius 2 is 1.20 bits per heavy atom. The lowest BCUT2D eigenvalue weighted by Gasteiger charge is -2.10. The van der Waals surface area contributed by atoms with Crippen LogP contribution in [0.3, 0.4) is 0 Å². The zero-order valence-electron chi connectivity index (χ0n) is 13.5. The molecule has 126 valence electrons. The van der Waals surface area contributed by atoms with Crippen LogP contribution in [-0.4, -0.2) is 11.7 Å². The van der Waals surface area contributed by atoms with Gasteiger partial charge in [0, 0.05) is 17.7 Å². The number of Topliss-reactive ketones (excluding diaryl/α,β-unsaturated/α-hetero) is 1. The van der Waals surface area contributed by atoms with Gasteiger partial charge in [-0.05, 0) is 23.8 Å². The van der Waals surface area contributed by atoms with Crippen molar-refractivity contribution in [2.45, 2.75) is 6.42 Å². The van der Waals surface area contributed by atoms with E-state index in [2.05, 4.69) is 5.32 Å². The maximum Gasteiger partial charge on any atom is 0.256 e.